The van der Waals surface area contributed by atoms with E-state index in [0.717, 1.165) is 18.7 Å². The molecular weight excluding hydrogens is 212 g/mol. The van der Waals surface area contributed by atoms with Gasteiger partial charge in [-0.1, -0.05) is 6.92 Å². The van der Waals surface area contributed by atoms with Gasteiger partial charge in [-0.2, -0.15) is 0 Å². The van der Waals surface area contributed by atoms with Gasteiger partial charge in [0.1, 0.15) is 11.9 Å². The number of hydrogen-bond acceptors (Lipinski definition) is 5. The van der Waals surface area contributed by atoms with Crippen LogP contribution in [0.15, 0.2) is 0 Å². The lowest BCUT2D eigenvalue weighted by molar-refractivity contribution is -0.143. The van der Waals surface area contributed by atoms with Crippen molar-refractivity contribution in [1.29, 1.82) is 0 Å². The molecule has 15 heavy (non-hydrogen) atoms. The van der Waals surface area contributed by atoms with E-state index in [0.29, 0.717) is 13.2 Å². The Kier molecular flexibility index (Phi) is 8.85. The largest absolute Gasteiger partial charge is 0.463 e. The Morgan fingerprint density at radius 2 is 2.20 bits per heavy atom. The highest BCUT2D eigenvalue weighted by atomic mass is 32.2. The fourth-order valence-corrected chi connectivity index (χ4v) is 1.85. The van der Waals surface area contributed by atoms with Crippen LogP contribution in [0.2, 0.25) is 0 Å². The average molecular weight is 234 g/mol. The minimum absolute atomic E-state index is 0.0595. The van der Waals surface area contributed by atoms with E-state index in [4.69, 9.17) is 10.5 Å². The van der Waals surface area contributed by atoms with Crippen LogP contribution in [0, 0.1) is 0 Å². The number of carbonyl (C=O) groups is 1. The molecule has 1 unspecified atom stereocenters. The molecule has 0 fully saturated rings. The smallest absolute Gasteiger partial charge is 0.319 e. The number of nitrogens with two attached hydrogens (primary N) is 1. The number of thioether (sulfide) groups is 1. The Hall–Kier alpha value is -0.260. The van der Waals surface area contributed by atoms with Crippen molar-refractivity contribution in [2.24, 2.45) is 5.73 Å². The molecule has 4 nitrogen and oxygen atoms in total. The normalized spacial score (nSPS) is 12.9. The second-order valence-corrected chi connectivity index (χ2v) is 4.84. The molecule has 90 valence electrons. The van der Waals surface area contributed by atoms with Crippen LogP contribution >= 0.6 is 11.8 Å². The number of esters is 1. The first-order valence-corrected chi connectivity index (χ1v) is 6.29. The standard InChI is InChI=1S/C10H22N2O2S/c1-4-9(15-8-5-11)10(13)14-7-6-12(2)3/h9H,4-8,11H2,1-3H3. The van der Waals surface area contributed by atoms with Crippen molar-refractivity contribution in [2.75, 3.05) is 39.5 Å². The number of ether oxygens (including phenoxy) is 1. The minimum Gasteiger partial charge on any atom is -0.463 e. The van der Waals surface area contributed by atoms with Gasteiger partial charge in [-0.15, -0.1) is 11.8 Å². The molecule has 0 aromatic heterocycles. The van der Waals surface area contributed by atoms with Crippen LogP contribution in [-0.4, -0.2) is 55.7 Å². The third-order valence-corrected chi connectivity index (χ3v) is 3.25. The van der Waals surface area contributed by atoms with Crippen molar-refractivity contribution >= 4 is 17.7 Å². The average Bonchev–Trinajstić information content (AvgIpc) is 2.18. The van der Waals surface area contributed by atoms with E-state index in [1.807, 2.05) is 25.9 Å². The molecule has 0 saturated carbocycles. The Morgan fingerprint density at radius 1 is 1.53 bits per heavy atom. The number of hydrogen-bond donors (Lipinski definition) is 1. The molecule has 0 bridgehead atoms. The van der Waals surface area contributed by atoms with Crippen molar-refractivity contribution in [3.8, 4) is 0 Å². The fourth-order valence-electron chi connectivity index (χ4n) is 0.985. The molecule has 0 aromatic rings. The van der Waals surface area contributed by atoms with Gasteiger partial charge in [-0.3, -0.25) is 4.79 Å². The number of carbonyl (C=O) groups excluding carboxylic acids is 1. The molecule has 1 atom stereocenters. The Bertz CT molecular complexity index is 177. The maximum atomic E-state index is 11.6. The fraction of sp³-hybridized carbons (Fsp3) is 0.900. The highest BCUT2D eigenvalue weighted by molar-refractivity contribution is 8.00. The monoisotopic (exact) mass is 234 g/mol. The van der Waals surface area contributed by atoms with E-state index >= 15 is 0 Å². The van der Waals surface area contributed by atoms with Gasteiger partial charge in [0.25, 0.3) is 0 Å². The third kappa shape index (κ3) is 7.64. The molecule has 0 aromatic carbocycles. The summed E-state index contributed by atoms with van der Waals surface area (Å²) >= 11 is 1.58. The lowest BCUT2D eigenvalue weighted by atomic mass is 10.3. The number of rotatable bonds is 8. The first-order valence-electron chi connectivity index (χ1n) is 5.24. The topological polar surface area (TPSA) is 55.6 Å². The molecule has 0 heterocycles. The van der Waals surface area contributed by atoms with Crippen LogP contribution in [0.25, 0.3) is 0 Å². The van der Waals surface area contributed by atoms with Gasteiger partial charge in [0.2, 0.25) is 0 Å². The van der Waals surface area contributed by atoms with Gasteiger partial charge >= 0.3 is 5.97 Å². The lowest BCUT2D eigenvalue weighted by Gasteiger charge is -2.15. The van der Waals surface area contributed by atoms with Crippen molar-refractivity contribution in [3.05, 3.63) is 0 Å². The molecule has 0 saturated heterocycles. The molecular formula is C10H22N2O2S. The zero-order valence-electron chi connectivity index (χ0n) is 9.86. The van der Waals surface area contributed by atoms with E-state index in [9.17, 15) is 4.79 Å². The Labute approximate surface area is 96.5 Å². The van der Waals surface area contributed by atoms with E-state index in [1.54, 1.807) is 11.8 Å². The van der Waals surface area contributed by atoms with E-state index in [-0.39, 0.29) is 11.2 Å². The number of likely N-dealkylation sites (N-methyl/N-ethyl adjacent to an activating group) is 1. The summed E-state index contributed by atoms with van der Waals surface area (Å²) in [6, 6.07) is 0. The molecule has 0 aliphatic heterocycles. The highest BCUT2D eigenvalue weighted by Gasteiger charge is 2.17. The quantitative estimate of drug-likeness (QED) is 0.622. The zero-order chi connectivity index (χ0) is 11.7. The minimum atomic E-state index is -0.113. The van der Waals surface area contributed by atoms with Gasteiger partial charge in [0.05, 0.1) is 0 Å². The van der Waals surface area contributed by atoms with Gasteiger partial charge < -0.3 is 15.4 Å². The summed E-state index contributed by atoms with van der Waals surface area (Å²) in [6.45, 7) is 3.82. The van der Waals surface area contributed by atoms with Crippen molar-refractivity contribution in [2.45, 2.75) is 18.6 Å². The van der Waals surface area contributed by atoms with Gasteiger partial charge in [-0.05, 0) is 20.5 Å². The summed E-state index contributed by atoms with van der Waals surface area (Å²) in [6.07, 6.45) is 0.797. The molecule has 0 rings (SSSR count). The molecule has 0 spiro atoms. The van der Waals surface area contributed by atoms with Crippen LogP contribution in [0.5, 0.6) is 0 Å². The van der Waals surface area contributed by atoms with Crippen LogP contribution < -0.4 is 5.73 Å². The second-order valence-electron chi connectivity index (χ2n) is 3.53. The molecule has 5 heteroatoms. The first-order chi connectivity index (χ1) is 7.11. The van der Waals surface area contributed by atoms with Gasteiger partial charge in [-0.25, -0.2) is 0 Å². The summed E-state index contributed by atoms with van der Waals surface area (Å²) in [5, 5.41) is -0.0595. The molecule has 2 N–H and O–H groups in total. The maximum absolute atomic E-state index is 11.6. The summed E-state index contributed by atoms with van der Waals surface area (Å²) in [4.78, 5) is 13.5. The van der Waals surface area contributed by atoms with Crippen molar-refractivity contribution in [1.82, 2.24) is 4.90 Å². The van der Waals surface area contributed by atoms with Crippen LogP contribution in [0.3, 0.4) is 0 Å². The molecule has 0 aliphatic rings. The summed E-state index contributed by atoms with van der Waals surface area (Å²) < 4.78 is 5.16. The van der Waals surface area contributed by atoms with Crippen LogP contribution in [0.1, 0.15) is 13.3 Å². The van der Waals surface area contributed by atoms with E-state index < -0.39 is 0 Å². The molecule has 0 amide bonds. The predicted molar refractivity (Wildman–Crippen MR) is 65.1 cm³/mol. The number of nitrogens with zero attached hydrogens (tertiary/aromatic N) is 1. The maximum Gasteiger partial charge on any atom is 0.319 e. The lowest BCUT2D eigenvalue weighted by Crippen LogP contribution is -2.25. The summed E-state index contributed by atoms with van der Waals surface area (Å²) in [5.41, 5.74) is 5.39. The van der Waals surface area contributed by atoms with Gasteiger partial charge in [0, 0.05) is 18.8 Å². The summed E-state index contributed by atoms with van der Waals surface area (Å²) in [5.74, 6) is 0.694. The molecule has 0 aliphatic carbocycles. The van der Waals surface area contributed by atoms with Crippen LogP contribution in [-0.2, 0) is 9.53 Å². The third-order valence-electron chi connectivity index (χ3n) is 1.85. The zero-order valence-corrected chi connectivity index (χ0v) is 10.7. The molecule has 0 radical (unpaired) electrons. The summed E-state index contributed by atoms with van der Waals surface area (Å²) in [7, 11) is 3.91. The van der Waals surface area contributed by atoms with Gasteiger partial charge in [0.15, 0.2) is 0 Å². The van der Waals surface area contributed by atoms with Crippen molar-refractivity contribution < 1.29 is 9.53 Å². The SMILES string of the molecule is CCC(SCCN)C(=O)OCCN(C)C. The highest BCUT2D eigenvalue weighted by Crippen LogP contribution is 2.15. The van der Waals surface area contributed by atoms with Crippen LogP contribution in [0.4, 0.5) is 0 Å². The Balaban J connectivity index is 3.73. The first kappa shape index (κ1) is 14.7. The van der Waals surface area contributed by atoms with E-state index in [2.05, 4.69) is 0 Å². The predicted octanol–water partition coefficient (Wildman–Crippen LogP) is 0.562. The van der Waals surface area contributed by atoms with E-state index in [1.165, 1.54) is 0 Å². The Morgan fingerprint density at radius 3 is 2.67 bits per heavy atom. The second kappa shape index (κ2) is 9.00. The van der Waals surface area contributed by atoms with Crippen molar-refractivity contribution in [3.63, 3.8) is 0 Å².